The second-order valence-electron chi connectivity index (χ2n) is 5.15. The summed E-state index contributed by atoms with van der Waals surface area (Å²) in [4.78, 5) is 11.7. The van der Waals surface area contributed by atoms with Crippen LogP contribution >= 0.6 is 0 Å². The molecule has 0 saturated carbocycles. The molecule has 0 saturated heterocycles. The van der Waals surface area contributed by atoms with Crippen molar-refractivity contribution >= 4 is 15.9 Å². The number of benzene rings is 1. The smallest absolute Gasteiger partial charge is 0.261 e. The van der Waals surface area contributed by atoms with E-state index in [1.165, 1.54) is 29.7 Å². The molecular formula is C16H22N2O5S. The first-order valence-corrected chi connectivity index (χ1v) is 8.92. The molecular weight excluding hydrogens is 332 g/mol. The molecule has 3 N–H and O–H groups in total. The monoisotopic (exact) mass is 354 g/mol. The normalized spacial score (nSPS) is 13.3. The Hall–Kier alpha value is -2.08. The third kappa shape index (κ3) is 5.53. The maximum Gasteiger partial charge on any atom is 0.261 e. The van der Waals surface area contributed by atoms with Gasteiger partial charge in [-0.1, -0.05) is 26.2 Å². The van der Waals surface area contributed by atoms with Crippen LogP contribution in [-0.2, 0) is 14.8 Å². The van der Waals surface area contributed by atoms with E-state index in [2.05, 4.69) is 16.6 Å². The summed E-state index contributed by atoms with van der Waals surface area (Å²) in [6, 6.07) is 4.70. The molecule has 0 aliphatic rings. The van der Waals surface area contributed by atoms with Crippen LogP contribution in [-0.4, -0.2) is 32.2 Å². The highest BCUT2D eigenvalue weighted by Gasteiger charge is 2.29. The Kier molecular flexibility index (Phi) is 7.71. The van der Waals surface area contributed by atoms with E-state index < -0.39 is 22.0 Å². The number of hydrogen-bond acceptors (Lipinski definition) is 5. The Bertz CT molecular complexity index is 704. The number of hydroxylamine groups is 1. The molecule has 0 radical (unpaired) electrons. The lowest BCUT2D eigenvalue weighted by Crippen LogP contribution is -2.49. The maximum atomic E-state index is 12.4. The molecule has 7 nitrogen and oxygen atoms in total. The summed E-state index contributed by atoms with van der Waals surface area (Å²) < 4.78 is 32.5. The van der Waals surface area contributed by atoms with E-state index in [1.54, 1.807) is 13.8 Å². The first-order valence-electron chi connectivity index (χ1n) is 7.44. The quantitative estimate of drug-likeness (QED) is 0.371. The van der Waals surface area contributed by atoms with Crippen molar-refractivity contribution in [3.05, 3.63) is 24.3 Å². The molecule has 1 aromatic rings. The molecule has 0 fully saturated rings. The average molecular weight is 354 g/mol. The van der Waals surface area contributed by atoms with Crippen molar-refractivity contribution in [2.75, 3.05) is 6.61 Å². The van der Waals surface area contributed by atoms with Crippen molar-refractivity contribution < 1.29 is 23.2 Å². The molecule has 1 amide bonds. The Morgan fingerprint density at radius 1 is 1.33 bits per heavy atom. The van der Waals surface area contributed by atoms with E-state index >= 15 is 0 Å². The van der Waals surface area contributed by atoms with Crippen molar-refractivity contribution in [2.24, 2.45) is 5.92 Å². The molecule has 0 spiro atoms. The summed E-state index contributed by atoms with van der Waals surface area (Å²) in [5, 5.41) is 8.79. The van der Waals surface area contributed by atoms with E-state index in [1.807, 2.05) is 6.92 Å². The molecule has 0 bridgehead atoms. The van der Waals surface area contributed by atoms with Gasteiger partial charge in [0.05, 0.1) is 4.90 Å². The topological polar surface area (TPSA) is 105 Å². The molecule has 2 unspecified atom stereocenters. The number of carbonyl (C=O) groups excluding carboxylic acids is 1. The van der Waals surface area contributed by atoms with Gasteiger partial charge in [0.25, 0.3) is 5.91 Å². The van der Waals surface area contributed by atoms with Crippen molar-refractivity contribution in [3.63, 3.8) is 0 Å². The summed E-state index contributed by atoms with van der Waals surface area (Å²) in [6.07, 6.45) is 0.561. The van der Waals surface area contributed by atoms with E-state index in [-0.39, 0.29) is 17.4 Å². The molecule has 8 heteroatoms. The lowest BCUT2D eigenvalue weighted by atomic mass is 10.00. The van der Waals surface area contributed by atoms with Crippen LogP contribution in [0.2, 0.25) is 0 Å². The van der Waals surface area contributed by atoms with Gasteiger partial charge in [-0.15, -0.1) is 5.92 Å². The number of ether oxygens (including phenoxy) is 1. The number of nitrogens with one attached hydrogen (secondary N) is 2. The Morgan fingerprint density at radius 2 is 1.96 bits per heavy atom. The standard InChI is InChI=1S/C16H22N2O5S/c1-4-6-11-23-13-7-9-14(10-8-13)24(21,22)18-15(12(3)5-2)16(19)17-20/h7-10,12,15,18,20H,5,11H2,1-3H3,(H,17,19). The number of carbonyl (C=O) groups is 1. The van der Waals surface area contributed by atoms with Gasteiger partial charge in [0.15, 0.2) is 0 Å². The van der Waals surface area contributed by atoms with E-state index in [4.69, 9.17) is 9.94 Å². The highest BCUT2D eigenvalue weighted by Crippen LogP contribution is 2.18. The SMILES string of the molecule is CC#CCOc1ccc(S(=O)(=O)NC(C(=O)NO)C(C)CC)cc1. The Morgan fingerprint density at radius 3 is 2.46 bits per heavy atom. The highest BCUT2D eigenvalue weighted by molar-refractivity contribution is 7.89. The van der Waals surface area contributed by atoms with Crippen molar-refractivity contribution in [3.8, 4) is 17.6 Å². The average Bonchev–Trinajstić information content (AvgIpc) is 2.59. The molecule has 2 atom stereocenters. The minimum Gasteiger partial charge on any atom is -0.481 e. The van der Waals surface area contributed by atoms with Crippen LogP contribution in [0, 0.1) is 17.8 Å². The van der Waals surface area contributed by atoms with Gasteiger partial charge in [-0.05, 0) is 37.1 Å². The molecule has 0 heterocycles. The second-order valence-corrected chi connectivity index (χ2v) is 6.86. The zero-order valence-electron chi connectivity index (χ0n) is 13.9. The predicted molar refractivity (Wildman–Crippen MR) is 88.9 cm³/mol. The first kappa shape index (κ1) is 20.0. The van der Waals surface area contributed by atoms with Gasteiger partial charge in [0.2, 0.25) is 10.0 Å². The van der Waals surface area contributed by atoms with Crippen LogP contribution in [0.15, 0.2) is 29.2 Å². The molecule has 1 aromatic carbocycles. The van der Waals surface area contributed by atoms with Gasteiger partial charge in [0, 0.05) is 0 Å². The van der Waals surface area contributed by atoms with E-state index in [0.717, 1.165) is 0 Å². The summed E-state index contributed by atoms with van der Waals surface area (Å²) in [6.45, 7) is 5.45. The largest absolute Gasteiger partial charge is 0.481 e. The first-order chi connectivity index (χ1) is 11.4. The minimum absolute atomic E-state index is 0.00420. The lowest BCUT2D eigenvalue weighted by molar-refractivity contribution is -0.132. The molecule has 0 aliphatic carbocycles. The van der Waals surface area contributed by atoms with Crippen LogP contribution in [0.4, 0.5) is 0 Å². The highest BCUT2D eigenvalue weighted by atomic mass is 32.2. The van der Waals surface area contributed by atoms with E-state index in [0.29, 0.717) is 12.2 Å². The third-order valence-electron chi connectivity index (χ3n) is 3.51. The van der Waals surface area contributed by atoms with Gasteiger partial charge < -0.3 is 4.74 Å². The number of hydrogen-bond donors (Lipinski definition) is 3. The van der Waals surface area contributed by atoms with Crippen molar-refractivity contribution in [2.45, 2.75) is 38.1 Å². The van der Waals surface area contributed by atoms with Crippen molar-refractivity contribution in [1.29, 1.82) is 0 Å². The molecule has 1 rings (SSSR count). The van der Waals surface area contributed by atoms with E-state index in [9.17, 15) is 13.2 Å². The van der Waals surface area contributed by atoms with Crippen LogP contribution in [0.5, 0.6) is 5.75 Å². The number of amides is 1. The zero-order valence-corrected chi connectivity index (χ0v) is 14.7. The van der Waals surface area contributed by atoms with Crippen LogP contribution in [0.3, 0.4) is 0 Å². The molecule has 132 valence electrons. The van der Waals surface area contributed by atoms with Gasteiger partial charge in [-0.25, -0.2) is 13.9 Å². The maximum absolute atomic E-state index is 12.4. The van der Waals surface area contributed by atoms with Gasteiger partial charge in [0.1, 0.15) is 18.4 Å². The summed E-state index contributed by atoms with van der Waals surface area (Å²) in [7, 11) is -3.92. The minimum atomic E-state index is -3.92. The number of rotatable bonds is 8. The van der Waals surface area contributed by atoms with Gasteiger partial charge in [-0.3, -0.25) is 10.0 Å². The lowest BCUT2D eigenvalue weighted by Gasteiger charge is -2.22. The molecule has 0 aromatic heterocycles. The van der Waals surface area contributed by atoms with Gasteiger partial charge in [-0.2, -0.15) is 4.72 Å². The summed E-state index contributed by atoms with van der Waals surface area (Å²) >= 11 is 0. The Balaban J connectivity index is 2.93. The molecule has 0 aliphatic heterocycles. The fraction of sp³-hybridized carbons (Fsp3) is 0.438. The van der Waals surface area contributed by atoms with Gasteiger partial charge >= 0.3 is 0 Å². The second kappa shape index (κ2) is 9.27. The van der Waals surface area contributed by atoms with Crippen LogP contribution in [0.25, 0.3) is 0 Å². The summed E-state index contributed by atoms with van der Waals surface area (Å²) in [5.74, 6) is 4.82. The number of sulfonamides is 1. The summed E-state index contributed by atoms with van der Waals surface area (Å²) in [5.41, 5.74) is 1.49. The Labute approximate surface area is 142 Å². The fourth-order valence-corrected chi connectivity index (χ4v) is 3.18. The third-order valence-corrected chi connectivity index (χ3v) is 4.97. The van der Waals surface area contributed by atoms with Crippen LogP contribution < -0.4 is 14.9 Å². The molecule has 24 heavy (non-hydrogen) atoms. The fourth-order valence-electron chi connectivity index (χ4n) is 1.88. The predicted octanol–water partition coefficient (Wildman–Crippen LogP) is 1.29. The van der Waals surface area contributed by atoms with Crippen LogP contribution in [0.1, 0.15) is 27.2 Å². The zero-order chi connectivity index (χ0) is 18.2. The van der Waals surface area contributed by atoms with Crippen molar-refractivity contribution in [1.82, 2.24) is 10.2 Å².